The Balaban J connectivity index is 1.55. The van der Waals surface area contributed by atoms with Crippen molar-refractivity contribution in [2.24, 2.45) is 5.92 Å². The summed E-state index contributed by atoms with van der Waals surface area (Å²) in [6, 6.07) is 10.5. The maximum absolute atomic E-state index is 12.3. The van der Waals surface area contributed by atoms with Gasteiger partial charge in [-0.25, -0.2) is 0 Å². The molecule has 2 N–H and O–H groups in total. The smallest absolute Gasteiger partial charge is 0.258 e. The molecule has 0 bridgehead atoms. The molecule has 0 aliphatic rings. The molecule has 2 heterocycles. The molecule has 0 fully saturated rings. The average molecular weight is 352 g/mol. The Morgan fingerprint density at radius 3 is 2.46 bits per heavy atom. The van der Waals surface area contributed by atoms with Crippen LogP contribution in [0, 0.1) is 12.8 Å². The van der Waals surface area contributed by atoms with E-state index in [2.05, 4.69) is 15.7 Å². The Morgan fingerprint density at radius 2 is 1.88 bits per heavy atom. The highest BCUT2D eigenvalue weighted by Crippen LogP contribution is 2.16. The summed E-state index contributed by atoms with van der Waals surface area (Å²) in [6.45, 7) is 4.14. The minimum Gasteiger partial charge on any atom is -0.469 e. The van der Waals surface area contributed by atoms with Gasteiger partial charge in [0.1, 0.15) is 12.0 Å². The third-order valence-corrected chi connectivity index (χ3v) is 3.87. The second-order valence-electron chi connectivity index (χ2n) is 6.10. The monoisotopic (exact) mass is 352 g/mol. The van der Waals surface area contributed by atoms with E-state index >= 15 is 0 Å². The maximum Gasteiger partial charge on any atom is 0.258 e. The zero-order chi connectivity index (χ0) is 18.5. The number of aromatic nitrogens is 2. The summed E-state index contributed by atoms with van der Waals surface area (Å²) in [5.74, 6) is 0.119. The van der Waals surface area contributed by atoms with E-state index in [1.807, 2.05) is 19.2 Å². The third-order valence-electron chi connectivity index (χ3n) is 3.87. The number of nitrogens with zero attached hydrogens (tertiary/aromatic N) is 2. The molecule has 134 valence electrons. The number of amides is 2. The molecule has 7 heteroatoms. The van der Waals surface area contributed by atoms with Gasteiger partial charge in [0.2, 0.25) is 5.91 Å². The lowest BCUT2D eigenvalue weighted by atomic mass is 10.1. The molecule has 1 unspecified atom stereocenters. The van der Waals surface area contributed by atoms with Gasteiger partial charge in [-0.3, -0.25) is 14.3 Å². The molecule has 0 aliphatic carbocycles. The first-order chi connectivity index (χ1) is 12.5. The highest BCUT2D eigenvalue weighted by molar-refractivity contribution is 6.04. The van der Waals surface area contributed by atoms with Crippen LogP contribution < -0.4 is 10.6 Å². The summed E-state index contributed by atoms with van der Waals surface area (Å²) in [7, 11) is 0. The molecule has 0 aliphatic heterocycles. The van der Waals surface area contributed by atoms with Crippen molar-refractivity contribution in [2.75, 3.05) is 10.6 Å². The standard InChI is InChI=1S/C19H20N4O3/c1-13(11-23-9-3-8-20-23)18(24)21-16-4-6-17(7-5-16)22-19(25)15-10-14(2)26-12-15/h3-10,12-13H,11H2,1-2H3,(H,21,24)(H,22,25). The zero-order valence-electron chi connectivity index (χ0n) is 14.6. The molecular weight excluding hydrogens is 332 g/mol. The highest BCUT2D eigenvalue weighted by atomic mass is 16.3. The second-order valence-corrected chi connectivity index (χ2v) is 6.10. The molecule has 0 saturated carbocycles. The number of benzene rings is 1. The normalized spacial score (nSPS) is 11.8. The van der Waals surface area contributed by atoms with Crippen molar-refractivity contribution in [3.05, 3.63) is 66.4 Å². The lowest BCUT2D eigenvalue weighted by molar-refractivity contribution is -0.119. The van der Waals surface area contributed by atoms with E-state index in [1.165, 1.54) is 6.26 Å². The van der Waals surface area contributed by atoms with Gasteiger partial charge in [-0.05, 0) is 43.3 Å². The minimum atomic E-state index is -0.244. The average Bonchev–Trinajstić information content (AvgIpc) is 3.28. The molecule has 0 spiro atoms. The predicted molar refractivity (Wildman–Crippen MR) is 97.9 cm³/mol. The molecule has 3 rings (SSSR count). The van der Waals surface area contributed by atoms with Gasteiger partial charge in [0, 0.05) is 23.8 Å². The van der Waals surface area contributed by atoms with Crippen LogP contribution in [0.4, 0.5) is 11.4 Å². The van der Waals surface area contributed by atoms with Gasteiger partial charge >= 0.3 is 0 Å². The van der Waals surface area contributed by atoms with Gasteiger partial charge in [-0.2, -0.15) is 5.10 Å². The van der Waals surface area contributed by atoms with E-state index in [4.69, 9.17) is 4.42 Å². The molecule has 3 aromatic rings. The number of carbonyl (C=O) groups is 2. The SMILES string of the molecule is Cc1cc(C(=O)Nc2ccc(NC(=O)C(C)Cn3cccn3)cc2)co1. The number of rotatable bonds is 6. The fraction of sp³-hybridized carbons (Fsp3) is 0.211. The van der Waals surface area contributed by atoms with E-state index in [-0.39, 0.29) is 17.7 Å². The number of carbonyl (C=O) groups excluding carboxylic acids is 2. The molecule has 1 aromatic carbocycles. The number of furan rings is 1. The first-order valence-electron chi connectivity index (χ1n) is 8.26. The van der Waals surface area contributed by atoms with Crippen LogP contribution in [0.3, 0.4) is 0 Å². The lowest BCUT2D eigenvalue weighted by Crippen LogP contribution is -2.24. The number of anilines is 2. The van der Waals surface area contributed by atoms with Gasteiger partial charge in [0.25, 0.3) is 5.91 Å². The minimum absolute atomic E-state index is 0.0915. The first-order valence-corrected chi connectivity index (χ1v) is 8.26. The van der Waals surface area contributed by atoms with Crippen LogP contribution in [0.1, 0.15) is 23.0 Å². The third kappa shape index (κ3) is 4.38. The van der Waals surface area contributed by atoms with Gasteiger partial charge in [0.15, 0.2) is 0 Å². The van der Waals surface area contributed by atoms with Crippen molar-refractivity contribution in [1.29, 1.82) is 0 Å². The van der Waals surface area contributed by atoms with Crippen molar-refractivity contribution in [2.45, 2.75) is 20.4 Å². The van der Waals surface area contributed by atoms with Crippen LogP contribution in [-0.4, -0.2) is 21.6 Å². The van der Waals surface area contributed by atoms with Gasteiger partial charge in [0.05, 0.1) is 18.0 Å². The largest absolute Gasteiger partial charge is 0.469 e. The molecule has 2 amide bonds. The zero-order valence-corrected chi connectivity index (χ0v) is 14.6. The molecule has 26 heavy (non-hydrogen) atoms. The van der Waals surface area contributed by atoms with E-state index < -0.39 is 0 Å². The molecule has 2 aromatic heterocycles. The molecule has 0 radical (unpaired) electrons. The van der Waals surface area contributed by atoms with E-state index in [0.29, 0.717) is 29.2 Å². The maximum atomic E-state index is 12.3. The van der Waals surface area contributed by atoms with Crippen LogP contribution >= 0.6 is 0 Å². The van der Waals surface area contributed by atoms with Crippen molar-refractivity contribution in [1.82, 2.24) is 9.78 Å². The molecule has 7 nitrogen and oxygen atoms in total. The summed E-state index contributed by atoms with van der Waals surface area (Å²) in [5, 5.41) is 9.74. The lowest BCUT2D eigenvalue weighted by Gasteiger charge is -2.13. The quantitative estimate of drug-likeness (QED) is 0.712. The van der Waals surface area contributed by atoms with Gasteiger partial charge < -0.3 is 15.1 Å². The van der Waals surface area contributed by atoms with Crippen molar-refractivity contribution < 1.29 is 14.0 Å². The summed E-state index contributed by atoms with van der Waals surface area (Å²) >= 11 is 0. The van der Waals surface area contributed by atoms with E-state index in [9.17, 15) is 9.59 Å². The molecule has 1 atom stereocenters. The number of hydrogen-bond donors (Lipinski definition) is 2. The Hall–Kier alpha value is -3.35. The van der Waals surface area contributed by atoms with Gasteiger partial charge in [-0.1, -0.05) is 6.92 Å². The number of aryl methyl sites for hydroxylation is 1. The Morgan fingerprint density at radius 1 is 1.19 bits per heavy atom. The number of hydrogen-bond acceptors (Lipinski definition) is 4. The fourth-order valence-corrected chi connectivity index (χ4v) is 2.44. The van der Waals surface area contributed by atoms with Crippen LogP contribution in [0.25, 0.3) is 0 Å². The van der Waals surface area contributed by atoms with E-state index in [0.717, 1.165) is 0 Å². The summed E-state index contributed by atoms with van der Waals surface area (Å²) in [5.41, 5.74) is 1.77. The second kappa shape index (κ2) is 7.69. The Kier molecular flexibility index (Phi) is 5.17. The highest BCUT2D eigenvalue weighted by Gasteiger charge is 2.14. The summed E-state index contributed by atoms with van der Waals surface area (Å²) < 4.78 is 6.85. The predicted octanol–water partition coefficient (Wildman–Crippen LogP) is 3.31. The Labute approximate surface area is 151 Å². The van der Waals surface area contributed by atoms with Crippen molar-refractivity contribution in [3.8, 4) is 0 Å². The Bertz CT molecular complexity index is 882. The van der Waals surface area contributed by atoms with Crippen LogP contribution in [0.15, 0.2) is 59.5 Å². The van der Waals surface area contributed by atoms with Crippen LogP contribution in [0.2, 0.25) is 0 Å². The molecular formula is C19H20N4O3. The van der Waals surface area contributed by atoms with Crippen molar-refractivity contribution in [3.63, 3.8) is 0 Å². The van der Waals surface area contributed by atoms with E-state index in [1.54, 1.807) is 48.1 Å². The first kappa shape index (κ1) is 17.5. The van der Waals surface area contributed by atoms with Gasteiger partial charge in [-0.15, -0.1) is 0 Å². The number of nitrogens with one attached hydrogen (secondary N) is 2. The van der Waals surface area contributed by atoms with Crippen LogP contribution in [0.5, 0.6) is 0 Å². The molecule has 0 saturated heterocycles. The topological polar surface area (TPSA) is 89.2 Å². The summed E-state index contributed by atoms with van der Waals surface area (Å²) in [4.78, 5) is 24.3. The fourth-order valence-electron chi connectivity index (χ4n) is 2.44. The van der Waals surface area contributed by atoms with Crippen LogP contribution in [-0.2, 0) is 11.3 Å². The van der Waals surface area contributed by atoms with Crippen molar-refractivity contribution >= 4 is 23.2 Å². The summed E-state index contributed by atoms with van der Waals surface area (Å²) in [6.07, 6.45) is 4.92.